The van der Waals surface area contributed by atoms with Gasteiger partial charge in [0.25, 0.3) is 5.91 Å². The smallest absolute Gasteiger partial charge is 0.282 e. The largest absolute Gasteiger partial charge is 0.496 e. The first-order valence-corrected chi connectivity index (χ1v) is 9.21. The summed E-state index contributed by atoms with van der Waals surface area (Å²) in [6, 6.07) is 12.7. The number of ketones is 1. The summed E-state index contributed by atoms with van der Waals surface area (Å²) in [6.07, 6.45) is 0. The SMILES string of the molecule is COc1ccc([C@H](C)[NH2+][C@@H](C)C(=O)Nc2ccc(C(C)=O)cc2)cc1Br. The van der Waals surface area contributed by atoms with Crippen molar-refractivity contribution in [2.24, 2.45) is 0 Å². The number of rotatable bonds is 7. The number of carbonyl (C=O) groups is 2. The van der Waals surface area contributed by atoms with E-state index in [1.165, 1.54) is 6.92 Å². The van der Waals surface area contributed by atoms with E-state index in [0.717, 1.165) is 15.8 Å². The van der Waals surface area contributed by atoms with Crippen LogP contribution in [0, 0.1) is 0 Å². The third kappa shape index (κ3) is 5.16. The third-order valence-corrected chi connectivity index (χ3v) is 4.87. The first-order chi connectivity index (χ1) is 12.3. The van der Waals surface area contributed by atoms with Crippen LogP contribution in [0.5, 0.6) is 5.75 Å². The van der Waals surface area contributed by atoms with Crippen molar-refractivity contribution in [1.29, 1.82) is 0 Å². The Labute approximate surface area is 162 Å². The predicted molar refractivity (Wildman–Crippen MR) is 106 cm³/mol. The molecule has 0 saturated carbocycles. The van der Waals surface area contributed by atoms with Crippen molar-refractivity contribution < 1.29 is 19.6 Å². The number of halogens is 1. The first-order valence-electron chi connectivity index (χ1n) is 8.42. The van der Waals surface area contributed by atoms with Gasteiger partial charge in [-0.1, -0.05) is 0 Å². The van der Waals surface area contributed by atoms with Gasteiger partial charge < -0.3 is 15.4 Å². The lowest BCUT2D eigenvalue weighted by atomic mass is 10.1. The van der Waals surface area contributed by atoms with Crippen molar-refractivity contribution in [2.75, 3.05) is 12.4 Å². The number of hydrogen-bond donors (Lipinski definition) is 2. The second-order valence-corrected chi connectivity index (χ2v) is 7.14. The molecular formula is C20H24BrN2O3+. The molecule has 138 valence electrons. The van der Waals surface area contributed by atoms with Gasteiger partial charge >= 0.3 is 0 Å². The Balaban J connectivity index is 1.97. The molecule has 2 atom stereocenters. The van der Waals surface area contributed by atoms with Crippen molar-refractivity contribution in [2.45, 2.75) is 32.9 Å². The number of benzene rings is 2. The molecule has 0 heterocycles. The minimum absolute atomic E-state index is 0.00375. The van der Waals surface area contributed by atoms with Crippen molar-refractivity contribution in [3.05, 3.63) is 58.1 Å². The Bertz CT molecular complexity index is 790. The molecule has 0 spiro atoms. The Kier molecular flexibility index (Phi) is 6.94. The topological polar surface area (TPSA) is 72.0 Å². The molecule has 0 aromatic heterocycles. The highest BCUT2D eigenvalue weighted by molar-refractivity contribution is 9.10. The number of anilines is 1. The standard InChI is InChI=1S/C20H23BrN2O3/c1-12(16-7-10-19(26-4)18(21)11-16)22-13(2)20(25)23-17-8-5-15(6-9-17)14(3)24/h5-13,22H,1-4H3,(H,23,25)/p+1/t12-,13-/m0/s1. The fraction of sp³-hybridized carbons (Fsp3) is 0.300. The molecule has 0 bridgehead atoms. The van der Waals surface area contributed by atoms with Crippen molar-refractivity contribution in [3.8, 4) is 5.75 Å². The van der Waals surface area contributed by atoms with E-state index in [4.69, 9.17) is 4.74 Å². The second-order valence-electron chi connectivity index (χ2n) is 6.29. The van der Waals surface area contributed by atoms with Crippen LogP contribution in [0.3, 0.4) is 0 Å². The lowest BCUT2D eigenvalue weighted by Gasteiger charge is -2.17. The van der Waals surface area contributed by atoms with E-state index in [1.54, 1.807) is 31.4 Å². The molecule has 0 saturated heterocycles. The fourth-order valence-corrected chi connectivity index (χ4v) is 3.20. The van der Waals surface area contributed by atoms with Crippen LogP contribution in [0.4, 0.5) is 5.69 Å². The molecule has 5 nitrogen and oxygen atoms in total. The molecule has 0 aliphatic heterocycles. The van der Waals surface area contributed by atoms with E-state index in [0.29, 0.717) is 11.3 Å². The normalized spacial score (nSPS) is 13.0. The van der Waals surface area contributed by atoms with E-state index in [1.807, 2.05) is 30.4 Å². The van der Waals surface area contributed by atoms with Gasteiger partial charge in [0.15, 0.2) is 11.8 Å². The lowest BCUT2D eigenvalue weighted by molar-refractivity contribution is -0.709. The minimum Gasteiger partial charge on any atom is -0.496 e. The Morgan fingerprint density at radius 2 is 1.77 bits per heavy atom. The maximum absolute atomic E-state index is 12.4. The summed E-state index contributed by atoms with van der Waals surface area (Å²) in [5.74, 6) is 0.699. The van der Waals surface area contributed by atoms with E-state index in [2.05, 4.69) is 28.2 Å². The Hall–Kier alpha value is -2.18. The summed E-state index contributed by atoms with van der Waals surface area (Å²) >= 11 is 3.49. The van der Waals surface area contributed by atoms with Crippen LogP contribution in [-0.2, 0) is 4.79 Å². The number of nitrogens with one attached hydrogen (secondary N) is 1. The molecule has 6 heteroatoms. The van der Waals surface area contributed by atoms with Gasteiger partial charge in [-0.15, -0.1) is 0 Å². The zero-order chi connectivity index (χ0) is 19.3. The Morgan fingerprint density at radius 1 is 1.12 bits per heavy atom. The minimum atomic E-state index is -0.265. The molecule has 1 amide bonds. The monoisotopic (exact) mass is 419 g/mol. The zero-order valence-corrected chi connectivity index (χ0v) is 17.0. The Morgan fingerprint density at radius 3 is 2.31 bits per heavy atom. The summed E-state index contributed by atoms with van der Waals surface area (Å²) in [4.78, 5) is 23.7. The van der Waals surface area contributed by atoms with Gasteiger partial charge in [-0.05, 0) is 79.2 Å². The number of hydrogen-bond acceptors (Lipinski definition) is 3. The quantitative estimate of drug-likeness (QED) is 0.676. The van der Waals surface area contributed by atoms with Crippen molar-refractivity contribution in [3.63, 3.8) is 0 Å². The maximum Gasteiger partial charge on any atom is 0.282 e. The highest BCUT2D eigenvalue weighted by atomic mass is 79.9. The van der Waals surface area contributed by atoms with Crippen LogP contribution in [0.15, 0.2) is 46.9 Å². The number of Topliss-reactive ketones (excluding diaryl/α,β-unsaturated/α-hetero) is 1. The molecule has 2 aromatic rings. The lowest BCUT2D eigenvalue weighted by Crippen LogP contribution is -2.91. The highest BCUT2D eigenvalue weighted by Crippen LogP contribution is 2.27. The molecule has 2 rings (SSSR count). The molecular weight excluding hydrogens is 396 g/mol. The van der Waals surface area contributed by atoms with E-state index in [9.17, 15) is 9.59 Å². The van der Waals surface area contributed by atoms with Gasteiger partial charge in [0.1, 0.15) is 11.8 Å². The van der Waals surface area contributed by atoms with E-state index < -0.39 is 0 Å². The van der Waals surface area contributed by atoms with Crippen LogP contribution in [0.25, 0.3) is 0 Å². The van der Waals surface area contributed by atoms with Crippen molar-refractivity contribution in [1.82, 2.24) is 0 Å². The summed E-state index contributed by atoms with van der Waals surface area (Å²) < 4.78 is 6.14. The average Bonchev–Trinajstić information content (AvgIpc) is 2.61. The van der Waals surface area contributed by atoms with Gasteiger partial charge in [0.05, 0.1) is 11.6 Å². The van der Waals surface area contributed by atoms with Gasteiger partial charge in [0, 0.05) is 16.8 Å². The average molecular weight is 420 g/mol. The van der Waals surface area contributed by atoms with Crippen LogP contribution >= 0.6 is 15.9 Å². The van der Waals surface area contributed by atoms with Crippen LogP contribution in [-0.4, -0.2) is 24.8 Å². The number of amides is 1. The van der Waals surface area contributed by atoms with Crippen LogP contribution < -0.4 is 15.4 Å². The maximum atomic E-state index is 12.4. The van der Waals surface area contributed by atoms with Crippen molar-refractivity contribution >= 4 is 33.3 Å². The summed E-state index contributed by atoms with van der Waals surface area (Å²) in [7, 11) is 1.63. The fourth-order valence-electron chi connectivity index (χ4n) is 2.64. The van der Waals surface area contributed by atoms with Gasteiger partial charge in [0.2, 0.25) is 0 Å². The third-order valence-electron chi connectivity index (χ3n) is 4.25. The molecule has 0 unspecified atom stereocenters. The van der Waals surface area contributed by atoms with E-state index in [-0.39, 0.29) is 23.8 Å². The molecule has 0 aliphatic rings. The second kappa shape index (κ2) is 8.96. The first kappa shape index (κ1) is 20.1. The number of ether oxygens (including phenoxy) is 1. The number of carbonyl (C=O) groups excluding carboxylic acids is 2. The highest BCUT2D eigenvalue weighted by Gasteiger charge is 2.21. The molecule has 0 fully saturated rings. The molecule has 3 N–H and O–H groups in total. The summed E-state index contributed by atoms with van der Waals surface area (Å²) in [6.45, 7) is 5.44. The number of quaternary nitrogens is 1. The number of nitrogens with two attached hydrogens (primary N) is 1. The van der Waals surface area contributed by atoms with Gasteiger partial charge in [-0.3, -0.25) is 9.59 Å². The summed E-state index contributed by atoms with van der Waals surface area (Å²) in [5, 5.41) is 4.89. The predicted octanol–water partition coefficient (Wildman–Crippen LogP) is 3.31. The van der Waals surface area contributed by atoms with Gasteiger partial charge in [-0.2, -0.15) is 0 Å². The van der Waals surface area contributed by atoms with Crippen LogP contribution in [0.1, 0.15) is 42.7 Å². The summed E-state index contributed by atoms with van der Waals surface area (Å²) in [5.41, 5.74) is 2.41. The number of methoxy groups -OCH3 is 1. The van der Waals surface area contributed by atoms with Crippen LogP contribution in [0.2, 0.25) is 0 Å². The van der Waals surface area contributed by atoms with E-state index >= 15 is 0 Å². The zero-order valence-electron chi connectivity index (χ0n) is 15.4. The molecule has 0 radical (unpaired) electrons. The molecule has 0 aliphatic carbocycles. The molecule has 2 aromatic carbocycles. The molecule has 26 heavy (non-hydrogen) atoms. The van der Waals surface area contributed by atoms with Gasteiger partial charge in [-0.25, -0.2) is 0 Å².